The van der Waals surface area contributed by atoms with Gasteiger partial charge in [0.15, 0.2) is 14.9 Å². The van der Waals surface area contributed by atoms with E-state index >= 15 is 0 Å². The molecular formula is C12H19N3O4S2. The standard InChI is InChI=1S/C12H19N3O4S2/c1-8(2)12-13-11(6-14(12)3)21(18,19)15-5-10-4-9(15)7-20(10,16)17/h6,8-10H,4-5,7H2,1-3H3. The molecule has 2 atom stereocenters. The van der Waals surface area contributed by atoms with Crippen molar-refractivity contribution >= 4 is 19.9 Å². The van der Waals surface area contributed by atoms with Crippen LogP contribution in [-0.4, -0.2) is 54.3 Å². The summed E-state index contributed by atoms with van der Waals surface area (Å²) in [6.45, 7) is 3.95. The molecule has 9 heteroatoms. The highest BCUT2D eigenvalue weighted by Gasteiger charge is 2.53. The third-order valence-corrected chi connectivity index (χ3v) is 8.23. The lowest BCUT2D eigenvalue weighted by molar-refractivity contribution is 0.401. The van der Waals surface area contributed by atoms with E-state index in [-0.39, 0.29) is 23.2 Å². The van der Waals surface area contributed by atoms with Crippen LogP contribution in [-0.2, 0) is 26.9 Å². The molecule has 0 radical (unpaired) electrons. The molecule has 0 spiro atoms. The molecule has 7 nitrogen and oxygen atoms in total. The van der Waals surface area contributed by atoms with E-state index in [9.17, 15) is 16.8 Å². The third-order valence-electron chi connectivity index (χ3n) is 4.24. The Kier molecular flexibility index (Phi) is 3.23. The van der Waals surface area contributed by atoms with Crippen molar-refractivity contribution in [2.45, 2.75) is 42.5 Å². The number of nitrogens with zero attached hydrogens (tertiary/aromatic N) is 3. The molecule has 1 aromatic rings. The fourth-order valence-corrected chi connectivity index (χ4v) is 7.07. The SMILES string of the molecule is CC(C)c1nc(S(=O)(=O)N2CC3CC2CS3(=O)=O)cn1C. The number of sulfonamides is 1. The molecule has 2 fully saturated rings. The van der Waals surface area contributed by atoms with Crippen molar-refractivity contribution in [2.24, 2.45) is 7.05 Å². The summed E-state index contributed by atoms with van der Waals surface area (Å²) in [5.41, 5.74) is 0. The van der Waals surface area contributed by atoms with Gasteiger partial charge in [-0.3, -0.25) is 0 Å². The minimum Gasteiger partial charge on any atom is -0.336 e. The molecule has 1 aromatic heterocycles. The van der Waals surface area contributed by atoms with Gasteiger partial charge in [0, 0.05) is 31.7 Å². The van der Waals surface area contributed by atoms with Gasteiger partial charge in [0.2, 0.25) is 0 Å². The first-order chi connectivity index (χ1) is 9.63. The molecule has 0 aliphatic carbocycles. The summed E-state index contributed by atoms with van der Waals surface area (Å²) >= 11 is 0. The number of fused-ring (bicyclic) bond motifs is 2. The van der Waals surface area contributed by atoms with Crippen LogP contribution >= 0.6 is 0 Å². The predicted octanol–water partition coefficient (Wildman–Crippen LogP) is 0.103. The fraction of sp³-hybridized carbons (Fsp3) is 0.750. The predicted molar refractivity (Wildman–Crippen MR) is 77.2 cm³/mol. The Morgan fingerprint density at radius 1 is 1.38 bits per heavy atom. The van der Waals surface area contributed by atoms with E-state index in [1.807, 2.05) is 13.8 Å². The Bertz CT molecular complexity index is 779. The average molecular weight is 333 g/mol. The van der Waals surface area contributed by atoms with Gasteiger partial charge in [-0.25, -0.2) is 21.8 Å². The molecule has 3 rings (SSSR count). The maximum Gasteiger partial charge on any atom is 0.262 e. The minimum absolute atomic E-state index is 0.0126. The summed E-state index contributed by atoms with van der Waals surface area (Å²) in [6.07, 6.45) is 1.91. The summed E-state index contributed by atoms with van der Waals surface area (Å²) in [5.74, 6) is 0.751. The highest BCUT2D eigenvalue weighted by Crippen LogP contribution is 2.36. The van der Waals surface area contributed by atoms with Crippen LogP contribution in [0.5, 0.6) is 0 Å². The van der Waals surface area contributed by atoms with Crippen LogP contribution in [0.3, 0.4) is 0 Å². The second-order valence-electron chi connectivity index (χ2n) is 6.12. The van der Waals surface area contributed by atoms with Crippen LogP contribution in [0.4, 0.5) is 0 Å². The van der Waals surface area contributed by atoms with Gasteiger partial charge in [-0.2, -0.15) is 4.31 Å². The molecule has 0 aromatic carbocycles. The van der Waals surface area contributed by atoms with Crippen LogP contribution in [0.15, 0.2) is 11.2 Å². The quantitative estimate of drug-likeness (QED) is 0.783. The van der Waals surface area contributed by atoms with Gasteiger partial charge in [0.25, 0.3) is 10.0 Å². The Morgan fingerprint density at radius 2 is 2.05 bits per heavy atom. The molecule has 3 heterocycles. The van der Waals surface area contributed by atoms with E-state index < -0.39 is 31.2 Å². The van der Waals surface area contributed by atoms with Crippen molar-refractivity contribution in [1.29, 1.82) is 0 Å². The van der Waals surface area contributed by atoms with Gasteiger partial charge >= 0.3 is 0 Å². The summed E-state index contributed by atoms with van der Waals surface area (Å²) in [4.78, 5) is 4.23. The molecule has 2 aliphatic rings. The highest BCUT2D eigenvalue weighted by molar-refractivity contribution is 7.93. The monoisotopic (exact) mass is 333 g/mol. The van der Waals surface area contributed by atoms with Gasteiger partial charge in [0.05, 0.1) is 11.0 Å². The van der Waals surface area contributed by atoms with Crippen molar-refractivity contribution in [3.8, 4) is 0 Å². The smallest absolute Gasteiger partial charge is 0.262 e. The Balaban J connectivity index is 1.95. The maximum atomic E-state index is 12.7. The Morgan fingerprint density at radius 3 is 2.48 bits per heavy atom. The fourth-order valence-electron chi connectivity index (χ4n) is 3.19. The average Bonchev–Trinajstić information content (AvgIpc) is 2.99. The summed E-state index contributed by atoms with van der Waals surface area (Å²) in [7, 11) is -5.06. The van der Waals surface area contributed by atoms with Gasteiger partial charge in [-0.1, -0.05) is 13.8 Å². The number of aromatic nitrogens is 2. The van der Waals surface area contributed by atoms with Crippen LogP contribution < -0.4 is 0 Å². The van der Waals surface area contributed by atoms with E-state index in [2.05, 4.69) is 4.98 Å². The number of imidazole rings is 1. The number of rotatable bonds is 3. The number of hydrogen-bond acceptors (Lipinski definition) is 5. The topological polar surface area (TPSA) is 89.3 Å². The number of aryl methyl sites for hydroxylation is 1. The lowest BCUT2D eigenvalue weighted by Gasteiger charge is -2.24. The second kappa shape index (κ2) is 4.53. The zero-order chi connectivity index (χ0) is 15.6. The highest BCUT2D eigenvalue weighted by atomic mass is 32.2. The van der Waals surface area contributed by atoms with Gasteiger partial charge < -0.3 is 4.57 Å². The van der Waals surface area contributed by atoms with E-state index in [0.29, 0.717) is 12.2 Å². The Hall–Kier alpha value is -0.930. The zero-order valence-corrected chi connectivity index (χ0v) is 13.9. The molecule has 2 saturated heterocycles. The number of hydrogen-bond donors (Lipinski definition) is 0. The summed E-state index contributed by atoms with van der Waals surface area (Å²) < 4.78 is 51.9. The van der Waals surface area contributed by atoms with Crippen molar-refractivity contribution < 1.29 is 16.8 Å². The molecule has 0 amide bonds. The van der Waals surface area contributed by atoms with Gasteiger partial charge in [-0.15, -0.1) is 0 Å². The first-order valence-corrected chi connectivity index (χ1v) is 10.0. The van der Waals surface area contributed by atoms with Gasteiger partial charge in [-0.05, 0) is 6.42 Å². The van der Waals surface area contributed by atoms with Crippen molar-refractivity contribution in [3.05, 3.63) is 12.0 Å². The molecule has 2 aliphatic heterocycles. The van der Waals surface area contributed by atoms with E-state index in [0.717, 1.165) is 0 Å². The third kappa shape index (κ3) is 2.22. The lowest BCUT2D eigenvalue weighted by atomic mass is 10.2. The van der Waals surface area contributed by atoms with Crippen LogP contribution in [0, 0.1) is 0 Å². The first-order valence-electron chi connectivity index (χ1n) is 6.89. The lowest BCUT2D eigenvalue weighted by Crippen LogP contribution is -2.44. The molecule has 2 unspecified atom stereocenters. The largest absolute Gasteiger partial charge is 0.336 e. The molecular weight excluding hydrogens is 314 g/mol. The summed E-state index contributed by atoms with van der Waals surface area (Å²) in [6, 6.07) is -0.436. The second-order valence-corrected chi connectivity index (χ2v) is 10.3. The Labute approximate surface area is 124 Å². The van der Waals surface area contributed by atoms with E-state index in [4.69, 9.17) is 0 Å². The van der Waals surface area contributed by atoms with Crippen LogP contribution in [0.2, 0.25) is 0 Å². The zero-order valence-electron chi connectivity index (χ0n) is 12.2. The summed E-state index contributed by atoms with van der Waals surface area (Å²) in [5, 5.41) is -0.538. The first kappa shape index (κ1) is 15.0. The van der Waals surface area contributed by atoms with Gasteiger partial charge in [0.1, 0.15) is 5.82 Å². The van der Waals surface area contributed by atoms with Crippen LogP contribution in [0.1, 0.15) is 32.0 Å². The molecule has 21 heavy (non-hydrogen) atoms. The van der Waals surface area contributed by atoms with Crippen molar-refractivity contribution in [1.82, 2.24) is 13.9 Å². The van der Waals surface area contributed by atoms with Crippen molar-refractivity contribution in [3.63, 3.8) is 0 Å². The van der Waals surface area contributed by atoms with Crippen molar-refractivity contribution in [2.75, 3.05) is 12.3 Å². The van der Waals surface area contributed by atoms with Crippen LogP contribution in [0.25, 0.3) is 0 Å². The minimum atomic E-state index is -3.72. The van der Waals surface area contributed by atoms with E-state index in [1.165, 1.54) is 10.5 Å². The molecule has 0 saturated carbocycles. The number of sulfone groups is 1. The molecule has 118 valence electrons. The normalized spacial score (nSPS) is 28.6. The molecule has 2 bridgehead atoms. The van der Waals surface area contributed by atoms with E-state index in [1.54, 1.807) is 11.6 Å². The molecule has 0 N–H and O–H groups in total. The maximum absolute atomic E-state index is 12.7.